The molecule has 21 heavy (non-hydrogen) atoms. The summed E-state index contributed by atoms with van der Waals surface area (Å²) in [5.41, 5.74) is -2.02. The van der Waals surface area contributed by atoms with Crippen molar-refractivity contribution in [2.75, 3.05) is 7.05 Å². The van der Waals surface area contributed by atoms with Crippen molar-refractivity contribution in [1.29, 1.82) is 0 Å². The Labute approximate surface area is 126 Å². The van der Waals surface area contributed by atoms with Gasteiger partial charge in [-0.2, -0.15) is 0 Å². The predicted molar refractivity (Wildman–Crippen MR) is 78.4 cm³/mol. The summed E-state index contributed by atoms with van der Waals surface area (Å²) in [6.45, 7) is 6.66. The zero-order valence-corrected chi connectivity index (χ0v) is 13.4. The SMILES string of the molecule is CN(C(=O)OC(C)(C)C)C(C)(C=O)c1ccc([N+](=O)[O-])s1. The number of carbonyl (C=O) groups excluding carboxylic acids is 2. The van der Waals surface area contributed by atoms with Crippen LogP contribution in [0.1, 0.15) is 32.6 Å². The van der Waals surface area contributed by atoms with Gasteiger partial charge in [0.2, 0.25) is 0 Å². The van der Waals surface area contributed by atoms with Gasteiger partial charge in [-0.15, -0.1) is 0 Å². The Hall–Kier alpha value is -1.96. The molecule has 1 heterocycles. The van der Waals surface area contributed by atoms with Crippen LogP contribution in [0, 0.1) is 10.1 Å². The van der Waals surface area contributed by atoms with Crippen LogP contribution in [0.4, 0.5) is 9.80 Å². The number of ether oxygens (including phenoxy) is 1. The van der Waals surface area contributed by atoms with E-state index in [1.165, 1.54) is 26.1 Å². The number of carbonyl (C=O) groups is 2. The molecule has 116 valence electrons. The van der Waals surface area contributed by atoms with Crippen LogP contribution >= 0.6 is 11.3 Å². The van der Waals surface area contributed by atoms with Crippen LogP contribution < -0.4 is 0 Å². The third-order valence-corrected chi connectivity index (χ3v) is 4.13. The highest BCUT2D eigenvalue weighted by atomic mass is 32.1. The monoisotopic (exact) mass is 314 g/mol. The molecule has 1 unspecified atom stereocenters. The van der Waals surface area contributed by atoms with Crippen molar-refractivity contribution >= 4 is 28.7 Å². The number of amides is 1. The first-order valence-electron chi connectivity index (χ1n) is 6.19. The highest BCUT2D eigenvalue weighted by Crippen LogP contribution is 2.35. The summed E-state index contributed by atoms with van der Waals surface area (Å²) in [6, 6.07) is 2.78. The fourth-order valence-corrected chi connectivity index (χ4v) is 2.48. The lowest BCUT2D eigenvalue weighted by atomic mass is 10.0. The number of likely N-dealkylation sites (N-methyl/N-ethyl adjacent to an activating group) is 1. The van der Waals surface area contributed by atoms with Gasteiger partial charge in [0, 0.05) is 18.0 Å². The molecule has 1 aromatic rings. The number of hydrogen-bond donors (Lipinski definition) is 0. The van der Waals surface area contributed by atoms with Gasteiger partial charge in [-0.3, -0.25) is 15.0 Å². The van der Waals surface area contributed by atoms with E-state index in [9.17, 15) is 19.7 Å². The van der Waals surface area contributed by atoms with Gasteiger partial charge in [-0.25, -0.2) is 4.79 Å². The molecule has 0 bridgehead atoms. The lowest BCUT2D eigenvalue weighted by Gasteiger charge is -2.34. The Bertz CT molecular complexity index is 563. The molecule has 0 aliphatic carbocycles. The molecule has 8 heteroatoms. The van der Waals surface area contributed by atoms with Crippen LogP contribution in [-0.4, -0.2) is 34.9 Å². The van der Waals surface area contributed by atoms with E-state index in [1.54, 1.807) is 20.8 Å². The Morgan fingerprint density at radius 1 is 1.38 bits per heavy atom. The number of aldehydes is 1. The number of rotatable bonds is 4. The molecule has 1 atom stereocenters. The fraction of sp³-hybridized carbons (Fsp3) is 0.538. The molecular weight excluding hydrogens is 296 g/mol. The highest BCUT2D eigenvalue weighted by Gasteiger charge is 2.38. The van der Waals surface area contributed by atoms with Crippen LogP contribution in [0.25, 0.3) is 0 Å². The topological polar surface area (TPSA) is 89.8 Å². The van der Waals surface area contributed by atoms with Gasteiger partial charge in [-0.05, 0) is 33.8 Å². The van der Waals surface area contributed by atoms with E-state index in [0.717, 1.165) is 16.2 Å². The summed E-state index contributed by atoms with van der Waals surface area (Å²) in [7, 11) is 1.42. The first-order valence-corrected chi connectivity index (χ1v) is 7.01. The normalized spacial score (nSPS) is 14.1. The highest BCUT2D eigenvalue weighted by molar-refractivity contribution is 7.15. The average Bonchev–Trinajstić information content (AvgIpc) is 2.85. The molecule has 1 amide bonds. The van der Waals surface area contributed by atoms with Crippen molar-refractivity contribution in [2.45, 2.75) is 38.8 Å². The molecule has 0 aromatic carbocycles. The summed E-state index contributed by atoms with van der Waals surface area (Å²) < 4.78 is 5.22. The molecule has 0 radical (unpaired) electrons. The lowest BCUT2D eigenvalue weighted by molar-refractivity contribution is -0.380. The van der Waals surface area contributed by atoms with E-state index in [-0.39, 0.29) is 5.00 Å². The number of nitro groups is 1. The van der Waals surface area contributed by atoms with E-state index >= 15 is 0 Å². The molecule has 0 saturated heterocycles. The molecule has 0 N–H and O–H groups in total. The third kappa shape index (κ3) is 3.78. The minimum atomic E-state index is -1.32. The van der Waals surface area contributed by atoms with Crippen LogP contribution in [0.3, 0.4) is 0 Å². The zero-order valence-electron chi connectivity index (χ0n) is 12.6. The van der Waals surface area contributed by atoms with Crippen LogP contribution in [-0.2, 0) is 15.1 Å². The van der Waals surface area contributed by atoms with Gasteiger partial charge in [0.05, 0.1) is 4.92 Å². The van der Waals surface area contributed by atoms with Crippen molar-refractivity contribution in [3.63, 3.8) is 0 Å². The zero-order chi connectivity index (χ0) is 16.4. The van der Waals surface area contributed by atoms with Crippen molar-refractivity contribution in [3.8, 4) is 0 Å². The standard InChI is InChI=1S/C13H18N2O5S/c1-12(2,3)20-11(17)14(5)13(4,8-16)9-6-7-10(21-9)15(18)19/h6-8H,1-5H3. The predicted octanol–water partition coefficient (Wildman–Crippen LogP) is 2.94. The Morgan fingerprint density at radius 3 is 2.33 bits per heavy atom. The van der Waals surface area contributed by atoms with Crippen LogP contribution in [0.2, 0.25) is 0 Å². The van der Waals surface area contributed by atoms with Gasteiger partial charge < -0.3 is 9.53 Å². The van der Waals surface area contributed by atoms with Crippen LogP contribution in [0.5, 0.6) is 0 Å². The maximum absolute atomic E-state index is 12.1. The van der Waals surface area contributed by atoms with Gasteiger partial charge in [0.15, 0.2) is 6.29 Å². The largest absolute Gasteiger partial charge is 0.444 e. The fourth-order valence-electron chi connectivity index (χ4n) is 1.52. The Kier molecular flexibility index (Phi) is 4.72. The minimum Gasteiger partial charge on any atom is -0.444 e. The summed E-state index contributed by atoms with van der Waals surface area (Å²) in [6.07, 6.45) is -0.0971. The van der Waals surface area contributed by atoms with E-state index in [1.807, 2.05) is 0 Å². The van der Waals surface area contributed by atoms with Gasteiger partial charge in [-0.1, -0.05) is 11.3 Å². The lowest BCUT2D eigenvalue weighted by Crippen LogP contribution is -2.47. The molecule has 0 aliphatic rings. The van der Waals surface area contributed by atoms with E-state index in [0.29, 0.717) is 11.2 Å². The van der Waals surface area contributed by atoms with E-state index in [4.69, 9.17) is 4.74 Å². The van der Waals surface area contributed by atoms with Crippen molar-refractivity contribution in [2.24, 2.45) is 0 Å². The molecule has 0 aliphatic heterocycles. The second-order valence-corrected chi connectivity index (χ2v) is 6.76. The van der Waals surface area contributed by atoms with E-state index in [2.05, 4.69) is 0 Å². The maximum atomic E-state index is 12.1. The first-order chi connectivity index (χ1) is 9.51. The first kappa shape index (κ1) is 17.1. The van der Waals surface area contributed by atoms with Gasteiger partial charge >= 0.3 is 11.1 Å². The van der Waals surface area contributed by atoms with Gasteiger partial charge in [0.1, 0.15) is 11.1 Å². The molecule has 7 nitrogen and oxygen atoms in total. The average molecular weight is 314 g/mol. The molecule has 0 spiro atoms. The number of thiophene rings is 1. The van der Waals surface area contributed by atoms with Crippen LogP contribution in [0.15, 0.2) is 12.1 Å². The van der Waals surface area contributed by atoms with Crippen molar-refractivity contribution in [1.82, 2.24) is 4.90 Å². The summed E-state index contributed by atoms with van der Waals surface area (Å²) in [4.78, 5) is 35.3. The molecular formula is C13H18N2O5S. The van der Waals surface area contributed by atoms with Crippen molar-refractivity contribution in [3.05, 3.63) is 27.1 Å². The third-order valence-electron chi connectivity index (χ3n) is 2.86. The quantitative estimate of drug-likeness (QED) is 0.484. The Morgan fingerprint density at radius 2 is 1.95 bits per heavy atom. The summed E-state index contributed by atoms with van der Waals surface area (Å²) in [5, 5.41) is 10.7. The smallest absolute Gasteiger partial charge is 0.411 e. The second-order valence-electron chi connectivity index (χ2n) is 5.70. The van der Waals surface area contributed by atoms with Gasteiger partial charge in [0.25, 0.3) is 0 Å². The number of nitrogens with zero attached hydrogens (tertiary/aromatic N) is 2. The number of hydrogen-bond acceptors (Lipinski definition) is 6. The van der Waals surface area contributed by atoms with E-state index < -0.39 is 22.2 Å². The summed E-state index contributed by atoms with van der Waals surface area (Å²) >= 11 is 0.856. The molecule has 1 rings (SSSR count). The minimum absolute atomic E-state index is 0.0873. The second kappa shape index (κ2) is 5.80. The maximum Gasteiger partial charge on any atom is 0.411 e. The summed E-state index contributed by atoms with van der Waals surface area (Å²) in [5.74, 6) is 0. The molecule has 0 fully saturated rings. The molecule has 0 saturated carbocycles. The van der Waals surface area contributed by atoms with Crippen molar-refractivity contribution < 1.29 is 19.2 Å². The Balaban J connectivity index is 3.10. The molecule has 1 aromatic heterocycles.